The van der Waals surface area contributed by atoms with Crippen LogP contribution in [0.4, 0.5) is 5.95 Å². The number of hydrogen-bond donors (Lipinski definition) is 2. The van der Waals surface area contributed by atoms with Gasteiger partial charge in [-0.05, 0) is 19.4 Å². The molecule has 3 amide bonds. The predicted molar refractivity (Wildman–Crippen MR) is 138 cm³/mol. The summed E-state index contributed by atoms with van der Waals surface area (Å²) in [5.41, 5.74) is 1.61. The van der Waals surface area contributed by atoms with Gasteiger partial charge >= 0.3 is 0 Å². The van der Waals surface area contributed by atoms with Crippen molar-refractivity contribution in [1.29, 1.82) is 5.26 Å². The van der Waals surface area contributed by atoms with E-state index in [9.17, 15) is 14.4 Å². The summed E-state index contributed by atoms with van der Waals surface area (Å²) in [5, 5.41) is 14.0. The van der Waals surface area contributed by atoms with E-state index in [1.807, 2.05) is 28.9 Å². The molecule has 0 aliphatic carbocycles. The molecule has 0 bridgehead atoms. The summed E-state index contributed by atoms with van der Waals surface area (Å²) in [6.07, 6.45) is 3.62. The Morgan fingerprint density at radius 2 is 2.00 bits per heavy atom. The lowest BCUT2D eigenvalue weighted by Gasteiger charge is -2.13. The lowest BCUT2D eigenvalue weighted by atomic mass is 10.0. The third-order valence-electron chi connectivity index (χ3n) is 4.50. The Kier molecular flexibility index (Phi) is 10.2. The minimum absolute atomic E-state index is 0.0457. The van der Waals surface area contributed by atoms with Crippen LogP contribution in [-0.2, 0) is 14.4 Å². The summed E-state index contributed by atoms with van der Waals surface area (Å²) in [7, 11) is 0. The topological polar surface area (TPSA) is 164 Å². The number of amidine groups is 1. The van der Waals surface area contributed by atoms with E-state index >= 15 is 0 Å². The highest BCUT2D eigenvalue weighted by molar-refractivity contribution is 14.1. The van der Waals surface area contributed by atoms with Gasteiger partial charge in [0.05, 0.1) is 35.4 Å². The number of hydrogen-bond acceptors (Lipinski definition) is 8. The number of amides is 3. The molecule has 2 aromatic rings. The van der Waals surface area contributed by atoms with Crippen molar-refractivity contribution in [2.45, 2.75) is 47.5 Å². The molecule has 13 heteroatoms. The normalized spacial score (nSPS) is 12.9. The van der Waals surface area contributed by atoms with Crippen molar-refractivity contribution in [3.05, 3.63) is 18.0 Å². The fourth-order valence-corrected chi connectivity index (χ4v) is 3.28. The number of nitrogens with one attached hydrogen (secondary N) is 2. The maximum atomic E-state index is 12.8. The molecule has 12 nitrogen and oxygen atoms in total. The van der Waals surface area contributed by atoms with Crippen LogP contribution in [0.25, 0.3) is 11.2 Å². The third kappa shape index (κ3) is 8.39. The van der Waals surface area contributed by atoms with E-state index in [0.29, 0.717) is 17.6 Å². The van der Waals surface area contributed by atoms with Gasteiger partial charge in [-0.2, -0.15) is 20.2 Å². The first-order valence-corrected chi connectivity index (χ1v) is 11.8. The van der Waals surface area contributed by atoms with E-state index in [1.165, 1.54) is 13.3 Å². The van der Waals surface area contributed by atoms with Crippen LogP contribution < -0.4 is 15.4 Å². The van der Waals surface area contributed by atoms with Crippen LogP contribution in [0.1, 0.15) is 47.5 Å². The molecule has 0 aliphatic rings. The van der Waals surface area contributed by atoms with Gasteiger partial charge in [-0.1, -0.05) is 26.3 Å². The van der Waals surface area contributed by atoms with E-state index in [4.69, 9.17) is 10.00 Å². The number of aromatic nitrogens is 4. The summed E-state index contributed by atoms with van der Waals surface area (Å²) in [6, 6.07) is 1.99. The molecule has 0 aromatic carbocycles. The molecule has 2 rings (SSSR count). The minimum Gasteiger partial charge on any atom is -0.475 e. The molecule has 2 aromatic heterocycles. The zero-order chi connectivity index (χ0) is 26.1. The maximum absolute atomic E-state index is 12.8. The van der Waals surface area contributed by atoms with Crippen LogP contribution in [0.2, 0.25) is 0 Å². The SMILES string of the molecule is CC(=O)NC(/C=C(\C)CC(C)C(=O)Nc1nc(OCCC#N)c2ncn(I)c2n1)=NC(=O)C(C)C. The largest absolute Gasteiger partial charge is 0.475 e. The van der Waals surface area contributed by atoms with Gasteiger partial charge in [0.1, 0.15) is 18.8 Å². The van der Waals surface area contributed by atoms with E-state index in [-0.39, 0.29) is 54.3 Å². The van der Waals surface area contributed by atoms with Crippen molar-refractivity contribution in [3.8, 4) is 11.9 Å². The van der Waals surface area contributed by atoms with Gasteiger partial charge < -0.3 is 10.1 Å². The molecule has 1 unspecified atom stereocenters. The predicted octanol–water partition coefficient (Wildman–Crippen LogP) is 2.95. The molecule has 0 fully saturated rings. The number of nitriles is 1. The second-order valence-corrected chi connectivity index (χ2v) is 9.13. The summed E-state index contributed by atoms with van der Waals surface area (Å²) < 4.78 is 7.19. The number of fused-ring (bicyclic) bond motifs is 1. The summed E-state index contributed by atoms with van der Waals surface area (Å²) in [5.74, 6) is -1.52. The molecule has 1 atom stereocenters. The number of anilines is 1. The number of carbonyl (C=O) groups excluding carboxylic acids is 3. The average Bonchev–Trinajstić information content (AvgIpc) is 3.14. The van der Waals surface area contributed by atoms with Crippen LogP contribution in [0.5, 0.6) is 5.88 Å². The van der Waals surface area contributed by atoms with Gasteiger partial charge in [0.25, 0.3) is 0 Å². The lowest BCUT2D eigenvalue weighted by molar-refractivity contribution is -0.121. The highest BCUT2D eigenvalue weighted by Crippen LogP contribution is 2.24. The third-order valence-corrected chi connectivity index (χ3v) is 5.21. The number of rotatable bonds is 9. The van der Waals surface area contributed by atoms with Gasteiger partial charge in [-0.15, -0.1) is 0 Å². The first-order valence-electron chi connectivity index (χ1n) is 10.8. The van der Waals surface area contributed by atoms with Crippen molar-refractivity contribution in [1.82, 2.24) is 23.0 Å². The van der Waals surface area contributed by atoms with E-state index < -0.39 is 5.92 Å². The zero-order valence-corrected chi connectivity index (χ0v) is 22.3. The lowest BCUT2D eigenvalue weighted by Crippen LogP contribution is -2.28. The molecule has 2 N–H and O–H groups in total. The number of allylic oxidation sites excluding steroid dienone is 1. The van der Waals surface area contributed by atoms with Gasteiger partial charge in [-0.25, -0.2) is 4.98 Å². The summed E-state index contributed by atoms with van der Waals surface area (Å²) in [4.78, 5) is 53.0. The number of imidazole rings is 1. The summed E-state index contributed by atoms with van der Waals surface area (Å²) in [6.45, 7) is 8.38. The highest BCUT2D eigenvalue weighted by atomic mass is 127. The van der Waals surface area contributed by atoms with E-state index in [0.717, 1.165) is 5.57 Å². The van der Waals surface area contributed by atoms with Crippen LogP contribution >= 0.6 is 22.9 Å². The Bertz CT molecular complexity index is 1210. The number of halogens is 1. The van der Waals surface area contributed by atoms with Crippen molar-refractivity contribution >= 4 is 63.5 Å². The van der Waals surface area contributed by atoms with Gasteiger partial charge in [-0.3, -0.25) is 22.5 Å². The average molecular weight is 594 g/mol. The molecular weight excluding hydrogens is 567 g/mol. The number of ether oxygens (including phenoxy) is 1. The fraction of sp³-hybridized carbons (Fsp3) is 0.455. The van der Waals surface area contributed by atoms with Gasteiger partial charge in [0.15, 0.2) is 11.2 Å². The van der Waals surface area contributed by atoms with Crippen LogP contribution in [0, 0.1) is 23.2 Å². The number of nitrogens with zero attached hydrogens (tertiary/aromatic N) is 6. The Hall–Kier alpha value is -3.41. The van der Waals surface area contributed by atoms with E-state index in [1.54, 1.807) is 36.6 Å². The van der Waals surface area contributed by atoms with Crippen molar-refractivity contribution in [3.63, 3.8) is 0 Å². The fourth-order valence-electron chi connectivity index (χ4n) is 2.82. The summed E-state index contributed by atoms with van der Waals surface area (Å²) >= 11 is 2.00. The molecule has 35 heavy (non-hydrogen) atoms. The Balaban J connectivity index is 2.17. The second kappa shape index (κ2) is 12.9. The maximum Gasteiger partial charge on any atom is 0.250 e. The second-order valence-electron chi connectivity index (χ2n) is 8.09. The molecule has 0 spiro atoms. The molecular formula is C22H27IN8O4. The van der Waals surface area contributed by atoms with E-state index in [2.05, 4.69) is 30.6 Å². The first-order chi connectivity index (χ1) is 16.5. The standard InChI is InChI=1S/C22H27IN8O4/c1-12(2)19(33)27-16(26-15(5)32)10-13(3)9-14(4)20(34)29-22-28-18-17(25-11-31(18)23)21(30-22)35-8-6-7-24/h10-12,14H,6,8-9H2,1-5H3,(H,26,27,32,33)(H,28,29,30,34)/b13-10+. The number of carbonyl (C=O) groups is 3. The Morgan fingerprint density at radius 1 is 1.29 bits per heavy atom. The van der Waals surface area contributed by atoms with Crippen molar-refractivity contribution < 1.29 is 19.1 Å². The quantitative estimate of drug-likeness (QED) is 0.194. The molecule has 0 radical (unpaired) electrons. The van der Waals surface area contributed by atoms with Crippen LogP contribution in [-0.4, -0.2) is 47.9 Å². The molecule has 0 saturated heterocycles. The Morgan fingerprint density at radius 3 is 2.63 bits per heavy atom. The minimum atomic E-state index is -0.489. The monoisotopic (exact) mass is 594 g/mol. The Labute approximate surface area is 216 Å². The van der Waals surface area contributed by atoms with Crippen molar-refractivity contribution in [2.24, 2.45) is 16.8 Å². The van der Waals surface area contributed by atoms with Gasteiger partial charge in [0, 0.05) is 18.8 Å². The molecule has 2 heterocycles. The molecule has 0 saturated carbocycles. The number of aliphatic imine (C=N–C) groups is 1. The molecule has 0 aliphatic heterocycles. The van der Waals surface area contributed by atoms with Crippen LogP contribution in [0.3, 0.4) is 0 Å². The highest BCUT2D eigenvalue weighted by Gasteiger charge is 2.19. The first kappa shape index (κ1) is 27.8. The van der Waals surface area contributed by atoms with Crippen LogP contribution in [0.15, 0.2) is 23.0 Å². The van der Waals surface area contributed by atoms with Crippen molar-refractivity contribution in [2.75, 3.05) is 11.9 Å². The zero-order valence-electron chi connectivity index (χ0n) is 20.1. The smallest absolute Gasteiger partial charge is 0.250 e. The molecule has 186 valence electrons. The van der Waals surface area contributed by atoms with Gasteiger partial charge in [0.2, 0.25) is 29.5 Å².